The highest BCUT2D eigenvalue weighted by atomic mass is 35.5. The highest BCUT2D eigenvalue weighted by molar-refractivity contribution is 6.17. The van der Waals surface area contributed by atoms with Crippen LogP contribution in [0.1, 0.15) is 43.1 Å². The van der Waals surface area contributed by atoms with E-state index in [1.807, 2.05) is 24.3 Å². The molecular formula is C14H20ClNO. The molecule has 0 aliphatic heterocycles. The second-order valence-corrected chi connectivity index (χ2v) is 4.83. The summed E-state index contributed by atoms with van der Waals surface area (Å²) in [5, 5.41) is 3.05. The molecule has 0 aromatic heterocycles. The molecule has 0 heterocycles. The minimum absolute atomic E-state index is 0.00771. The van der Waals surface area contributed by atoms with E-state index in [1.54, 1.807) is 0 Å². The van der Waals surface area contributed by atoms with Gasteiger partial charge in [-0.25, -0.2) is 0 Å². The van der Waals surface area contributed by atoms with Crippen molar-refractivity contribution >= 4 is 17.5 Å². The Labute approximate surface area is 108 Å². The summed E-state index contributed by atoms with van der Waals surface area (Å²) in [6.07, 6.45) is 0.948. The molecule has 1 aromatic carbocycles. The number of hydrogen-bond acceptors (Lipinski definition) is 1. The van der Waals surface area contributed by atoms with E-state index < -0.39 is 0 Å². The van der Waals surface area contributed by atoms with E-state index in [0.29, 0.717) is 17.4 Å². The van der Waals surface area contributed by atoms with E-state index in [4.69, 9.17) is 11.6 Å². The molecule has 0 aliphatic rings. The van der Waals surface area contributed by atoms with Crippen molar-refractivity contribution in [1.29, 1.82) is 0 Å². The molecule has 1 aromatic rings. The number of rotatable bonds is 5. The van der Waals surface area contributed by atoms with Crippen LogP contribution in [0.15, 0.2) is 24.3 Å². The first-order valence-electron chi connectivity index (χ1n) is 6.04. The molecule has 2 nitrogen and oxygen atoms in total. The van der Waals surface area contributed by atoms with E-state index in [1.165, 1.54) is 0 Å². The van der Waals surface area contributed by atoms with E-state index in [0.717, 1.165) is 12.0 Å². The van der Waals surface area contributed by atoms with Crippen molar-refractivity contribution in [2.45, 2.75) is 39.1 Å². The topological polar surface area (TPSA) is 29.1 Å². The number of nitrogens with one attached hydrogen (secondary N) is 1. The van der Waals surface area contributed by atoms with Crippen LogP contribution in [-0.4, -0.2) is 11.9 Å². The first kappa shape index (κ1) is 14.0. The lowest BCUT2D eigenvalue weighted by atomic mass is 10.0. The molecule has 94 valence electrons. The number of benzene rings is 1. The predicted molar refractivity (Wildman–Crippen MR) is 72.4 cm³/mol. The maximum Gasteiger partial charge on any atom is 0.251 e. The maximum atomic E-state index is 12.0. The van der Waals surface area contributed by atoms with Gasteiger partial charge in [-0.05, 0) is 30.0 Å². The van der Waals surface area contributed by atoms with Crippen LogP contribution in [0.4, 0.5) is 0 Å². The van der Waals surface area contributed by atoms with Gasteiger partial charge in [0.2, 0.25) is 0 Å². The zero-order valence-electron chi connectivity index (χ0n) is 10.7. The SMILES string of the molecule is CCC(NC(=O)c1ccc(CCl)cc1)C(C)C. The van der Waals surface area contributed by atoms with E-state index in [-0.39, 0.29) is 11.9 Å². The van der Waals surface area contributed by atoms with Gasteiger partial charge in [-0.15, -0.1) is 11.6 Å². The second-order valence-electron chi connectivity index (χ2n) is 4.56. The molecule has 0 saturated carbocycles. The third kappa shape index (κ3) is 4.04. The molecule has 1 unspecified atom stereocenters. The van der Waals surface area contributed by atoms with Gasteiger partial charge >= 0.3 is 0 Å². The summed E-state index contributed by atoms with van der Waals surface area (Å²) in [4.78, 5) is 12.0. The van der Waals surface area contributed by atoms with Crippen molar-refractivity contribution in [1.82, 2.24) is 5.32 Å². The average molecular weight is 254 g/mol. The minimum Gasteiger partial charge on any atom is -0.349 e. The van der Waals surface area contributed by atoms with Crippen LogP contribution >= 0.6 is 11.6 Å². The van der Waals surface area contributed by atoms with Gasteiger partial charge in [-0.1, -0.05) is 32.9 Å². The van der Waals surface area contributed by atoms with Crippen LogP contribution in [0.25, 0.3) is 0 Å². The molecule has 1 rings (SSSR count). The largest absolute Gasteiger partial charge is 0.349 e. The molecule has 1 N–H and O–H groups in total. The molecule has 0 radical (unpaired) electrons. The Bertz CT molecular complexity index is 359. The molecule has 0 aliphatic carbocycles. The number of carbonyl (C=O) groups excluding carboxylic acids is 1. The van der Waals surface area contributed by atoms with Crippen molar-refractivity contribution in [3.05, 3.63) is 35.4 Å². The lowest BCUT2D eigenvalue weighted by molar-refractivity contribution is 0.0924. The Balaban J connectivity index is 2.68. The molecule has 1 amide bonds. The van der Waals surface area contributed by atoms with Crippen LogP contribution in [0.3, 0.4) is 0 Å². The zero-order valence-corrected chi connectivity index (χ0v) is 11.4. The molecule has 0 bridgehead atoms. The van der Waals surface area contributed by atoms with Gasteiger partial charge in [0.15, 0.2) is 0 Å². The molecular weight excluding hydrogens is 234 g/mol. The Hall–Kier alpha value is -1.02. The molecule has 0 fully saturated rings. The van der Waals surface area contributed by atoms with Crippen molar-refractivity contribution in [2.75, 3.05) is 0 Å². The van der Waals surface area contributed by atoms with Gasteiger partial charge in [0, 0.05) is 17.5 Å². The van der Waals surface area contributed by atoms with E-state index in [9.17, 15) is 4.79 Å². The van der Waals surface area contributed by atoms with Gasteiger partial charge < -0.3 is 5.32 Å². The molecule has 17 heavy (non-hydrogen) atoms. The fourth-order valence-corrected chi connectivity index (χ4v) is 1.92. The Kier molecular flexibility index (Phi) is 5.49. The second kappa shape index (κ2) is 6.65. The predicted octanol–water partition coefficient (Wildman–Crippen LogP) is 3.59. The van der Waals surface area contributed by atoms with Crippen LogP contribution in [0.5, 0.6) is 0 Å². The Morgan fingerprint density at radius 2 is 1.88 bits per heavy atom. The van der Waals surface area contributed by atoms with Crippen molar-refractivity contribution in [2.24, 2.45) is 5.92 Å². The summed E-state index contributed by atoms with van der Waals surface area (Å²) in [7, 11) is 0. The standard InChI is InChI=1S/C14H20ClNO/c1-4-13(10(2)3)16-14(17)12-7-5-11(9-15)6-8-12/h5-8,10,13H,4,9H2,1-3H3,(H,16,17). The third-order valence-corrected chi connectivity index (χ3v) is 3.24. The number of amides is 1. The summed E-state index contributed by atoms with van der Waals surface area (Å²) < 4.78 is 0. The van der Waals surface area contributed by atoms with Crippen LogP contribution in [-0.2, 0) is 5.88 Å². The summed E-state index contributed by atoms with van der Waals surface area (Å²) in [6.45, 7) is 6.32. The van der Waals surface area contributed by atoms with Gasteiger partial charge in [0.05, 0.1) is 0 Å². The van der Waals surface area contributed by atoms with Crippen LogP contribution in [0.2, 0.25) is 0 Å². The monoisotopic (exact) mass is 253 g/mol. The lowest BCUT2D eigenvalue weighted by Crippen LogP contribution is -2.37. The summed E-state index contributed by atoms with van der Waals surface area (Å²) in [5.74, 6) is 0.920. The van der Waals surface area contributed by atoms with Gasteiger partial charge in [-0.2, -0.15) is 0 Å². The highest BCUT2D eigenvalue weighted by Gasteiger charge is 2.14. The molecule has 1 atom stereocenters. The fraction of sp³-hybridized carbons (Fsp3) is 0.500. The average Bonchev–Trinajstić information content (AvgIpc) is 2.35. The Morgan fingerprint density at radius 3 is 2.29 bits per heavy atom. The summed E-state index contributed by atoms with van der Waals surface area (Å²) in [5.41, 5.74) is 1.72. The lowest BCUT2D eigenvalue weighted by Gasteiger charge is -2.20. The number of halogens is 1. The summed E-state index contributed by atoms with van der Waals surface area (Å²) >= 11 is 5.71. The molecule has 0 spiro atoms. The van der Waals surface area contributed by atoms with Gasteiger partial charge in [0.25, 0.3) is 5.91 Å². The first-order chi connectivity index (χ1) is 8.08. The first-order valence-corrected chi connectivity index (χ1v) is 6.57. The number of alkyl halides is 1. The normalized spacial score (nSPS) is 12.5. The smallest absolute Gasteiger partial charge is 0.251 e. The number of hydrogen-bond donors (Lipinski definition) is 1. The summed E-state index contributed by atoms with van der Waals surface area (Å²) in [6, 6.07) is 7.65. The van der Waals surface area contributed by atoms with Crippen molar-refractivity contribution in [3.63, 3.8) is 0 Å². The Morgan fingerprint density at radius 1 is 1.29 bits per heavy atom. The zero-order chi connectivity index (χ0) is 12.8. The highest BCUT2D eigenvalue weighted by Crippen LogP contribution is 2.10. The maximum absolute atomic E-state index is 12.0. The van der Waals surface area contributed by atoms with E-state index in [2.05, 4.69) is 26.1 Å². The van der Waals surface area contributed by atoms with Crippen LogP contribution in [0, 0.1) is 5.92 Å². The van der Waals surface area contributed by atoms with Crippen LogP contribution < -0.4 is 5.32 Å². The third-order valence-electron chi connectivity index (χ3n) is 2.93. The van der Waals surface area contributed by atoms with E-state index >= 15 is 0 Å². The van der Waals surface area contributed by atoms with Crippen molar-refractivity contribution in [3.8, 4) is 0 Å². The van der Waals surface area contributed by atoms with Gasteiger partial charge in [-0.3, -0.25) is 4.79 Å². The number of carbonyl (C=O) groups is 1. The quantitative estimate of drug-likeness (QED) is 0.799. The minimum atomic E-state index is -0.00771. The molecule has 0 saturated heterocycles. The van der Waals surface area contributed by atoms with Crippen molar-refractivity contribution < 1.29 is 4.79 Å². The molecule has 3 heteroatoms. The van der Waals surface area contributed by atoms with Gasteiger partial charge in [0.1, 0.15) is 0 Å². The fourth-order valence-electron chi connectivity index (χ4n) is 1.74.